The largest absolute Gasteiger partial charge is 0.414 e. The predicted octanol–water partition coefficient (Wildman–Crippen LogP) is 7.87. The fourth-order valence-electron chi connectivity index (χ4n) is 4.13. The molecule has 2 rings (SSSR count). The minimum absolute atomic E-state index is 0.0686. The average molecular weight is 509 g/mol. The Bertz CT molecular complexity index is 896. The molecule has 0 aromatic heterocycles. The second kappa shape index (κ2) is 12.5. The van der Waals surface area contributed by atoms with Crippen LogP contribution in [0.15, 0.2) is 85.0 Å². The Balaban J connectivity index is 2.56. The minimum atomic E-state index is -2.66. The molecular weight excluding hydrogens is 461 g/mol. The standard InChI is InChI=1S/C31H48O2Si2/c1-10-11-12-13-16-21-27(26-32-34(8,9)30(2,3)4)33-35(31(5,6)7,28-22-17-14-18-23-28)29-24-19-15-20-25-29/h11-12,14-25,27H,10,13,26H2,1-9H3/t27-/m0/s1. The van der Waals surface area contributed by atoms with E-state index in [1.165, 1.54) is 10.4 Å². The highest BCUT2D eigenvalue weighted by molar-refractivity contribution is 6.99. The zero-order valence-corrected chi connectivity index (χ0v) is 25.6. The summed E-state index contributed by atoms with van der Waals surface area (Å²) < 4.78 is 14.1. The highest BCUT2D eigenvalue weighted by Crippen LogP contribution is 2.39. The van der Waals surface area contributed by atoms with Gasteiger partial charge < -0.3 is 8.85 Å². The first-order valence-electron chi connectivity index (χ1n) is 13.1. The smallest absolute Gasteiger partial charge is 0.261 e. The van der Waals surface area contributed by atoms with Gasteiger partial charge in [-0.3, -0.25) is 0 Å². The van der Waals surface area contributed by atoms with Crippen LogP contribution in [0.3, 0.4) is 0 Å². The van der Waals surface area contributed by atoms with E-state index in [9.17, 15) is 0 Å². The van der Waals surface area contributed by atoms with Crippen molar-refractivity contribution in [3.8, 4) is 0 Å². The lowest BCUT2D eigenvalue weighted by atomic mass is 10.2. The van der Waals surface area contributed by atoms with Crippen LogP contribution < -0.4 is 10.4 Å². The van der Waals surface area contributed by atoms with Crippen LogP contribution in [0.2, 0.25) is 23.2 Å². The Hall–Kier alpha value is -1.73. The molecule has 0 radical (unpaired) electrons. The molecule has 0 bridgehead atoms. The normalized spacial score (nSPS) is 14.7. The Kier molecular flexibility index (Phi) is 10.5. The Morgan fingerprint density at radius 3 is 1.69 bits per heavy atom. The summed E-state index contributed by atoms with van der Waals surface area (Å²) in [6.45, 7) is 21.3. The molecule has 2 aromatic rings. The molecule has 0 spiro atoms. The third-order valence-electron chi connectivity index (χ3n) is 7.18. The molecule has 2 aromatic carbocycles. The van der Waals surface area contributed by atoms with Crippen LogP contribution in [-0.2, 0) is 8.85 Å². The third-order valence-corrected chi connectivity index (χ3v) is 16.7. The van der Waals surface area contributed by atoms with Crippen LogP contribution >= 0.6 is 0 Å². The second-order valence-corrected chi connectivity index (χ2v) is 21.0. The van der Waals surface area contributed by atoms with Crippen LogP contribution in [0.5, 0.6) is 0 Å². The van der Waals surface area contributed by atoms with Crippen molar-refractivity contribution in [2.24, 2.45) is 0 Å². The van der Waals surface area contributed by atoms with Gasteiger partial charge in [0, 0.05) is 0 Å². The van der Waals surface area contributed by atoms with Gasteiger partial charge in [0.1, 0.15) is 0 Å². The van der Waals surface area contributed by atoms with Crippen molar-refractivity contribution in [3.63, 3.8) is 0 Å². The summed E-state index contributed by atoms with van der Waals surface area (Å²) in [6, 6.07) is 21.8. The first kappa shape index (κ1) is 29.5. The molecule has 4 heteroatoms. The summed E-state index contributed by atoms with van der Waals surface area (Å²) in [5.74, 6) is 0. The van der Waals surface area contributed by atoms with E-state index in [2.05, 4.69) is 147 Å². The molecule has 0 fully saturated rings. The zero-order valence-electron chi connectivity index (χ0n) is 23.6. The van der Waals surface area contributed by atoms with Crippen LogP contribution in [-0.4, -0.2) is 29.3 Å². The van der Waals surface area contributed by atoms with Gasteiger partial charge in [0.15, 0.2) is 8.32 Å². The molecule has 1 atom stereocenters. The molecule has 0 aliphatic carbocycles. The summed E-state index contributed by atoms with van der Waals surface area (Å²) in [5, 5.41) is 2.69. The first-order chi connectivity index (χ1) is 16.3. The fourth-order valence-corrected chi connectivity index (χ4v) is 9.76. The molecule has 35 heavy (non-hydrogen) atoms. The van der Waals surface area contributed by atoms with Gasteiger partial charge in [0.05, 0.1) is 12.7 Å². The minimum Gasteiger partial charge on any atom is -0.414 e. The molecule has 0 heterocycles. The van der Waals surface area contributed by atoms with Crippen molar-refractivity contribution in [3.05, 3.63) is 85.0 Å². The Morgan fingerprint density at radius 1 is 0.743 bits per heavy atom. The van der Waals surface area contributed by atoms with E-state index in [1.54, 1.807) is 0 Å². The molecule has 0 aliphatic heterocycles. The van der Waals surface area contributed by atoms with E-state index in [-0.39, 0.29) is 16.2 Å². The highest BCUT2D eigenvalue weighted by atomic mass is 28.4. The predicted molar refractivity (Wildman–Crippen MR) is 159 cm³/mol. The molecule has 0 N–H and O–H groups in total. The summed E-state index contributed by atoms with van der Waals surface area (Å²) in [7, 11) is -4.58. The van der Waals surface area contributed by atoms with Gasteiger partial charge in [0.25, 0.3) is 8.32 Å². The van der Waals surface area contributed by atoms with E-state index in [1.807, 2.05) is 0 Å². The number of allylic oxidation sites excluding steroid dienone is 3. The quantitative estimate of drug-likeness (QED) is 0.227. The van der Waals surface area contributed by atoms with Crippen molar-refractivity contribution in [1.29, 1.82) is 0 Å². The van der Waals surface area contributed by atoms with E-state index >= 15 is 0 Å². The monoisotopic (exact) mass is 508 g/mol. The van der Waals surface area contributed by atoms with E-state index in [4.69, 9.17) is 8.85 Å². The van der Waals surface area contributed by atoms with Crippen molar-refractivity contribution in [2.45, 2.75) is 90.6 Å². The maximum Gasteiger partial charge on any atom is 0.261 e. The lowest BCUT2D eigenvalue weighted by Crippen LogP contribution is -2.68. The lowest BCUT2D eigenvalue weighted by molar-refractivity contribution is 0.145. The molecule has 0 saturated carbocycles. The summed E-state index contributed by atoms with van der Waals surface area (Å²) in [6.07, 6.45) is 10.8. The molecular formula is C31H48O2Si2. The molecule has 0 amide bonds. The lowest BCUT2D eigenvalue weighted by Gasteiger charge is -2.45. The van der Waals surface area contributed by atoms with Crippen LogP contribution in [0.4, 0.5) is 0 Å². The SMILES string of the molecule is CCC=CCC=C[C@@H](CO[Si](C)(C)C(C)(C)C)O[Si](c1ccccc1)(c1ccccc1)C(C)(C)C. The maximum atomic E-state index is 7.41. The van der Waals surface area contributed by atoms with Crippen LogP contribution in [0, 0.1) is 0 Å². The summed E-state index contributed by atoms with van der Waals surface area (Å²) >= 11 is 0. The van der Waals surface area contributed by atoms with Crippen LogP contribution in [0.25, 0.3) is 0 Å². The van der Waals surface area contributed by atoms with Gasteiger partial charge in [-0.1, -0.05) is 133 Å². The Morgan fingerprint density at radius 2 is 1.26 bits per heavy atom. The second-order valence-electron chi connectivity index (χ2n) is 11.9. The molecule has 2 nitrogen and oxygen atoms in total. The fraction of sp³-hybridized carbons (Fsp3) is 0.484. The number of hydrogen-bond donors (Lipinski definition) is 0. The number of rotatable bonds is 11. The van der Waals surface area contributed by atoms with E-state index < -0.39 is 16.6 Å². The topological polar surface area (TPSA) is 18.5 Å². The summed E-state index contributed by atoms with van der Waals surface area (Å²) in [5.41, 5.74) is 0. The van der Waals surface area contributed by atoms with Crippen LogP contribution in [0.1, 0.15) is 61.3 Å². The van der Waals surface area contributed by atoms with Gasteiger partial charge in [-0.05, 0) is 46.4 Å². The summed E-state index contributed by atoms with van der Waals surface area (Å²) in [4.78, 5) is 0. The molecule has 0 saturated heterocycles. The van der Waals surface area contributed by atoms with Crippen molar-refractivity contribution < 1.29 is 8.85 Å². The average Bonchev–Trinajstić information content (AvgIpc) is 2.80. The third kappa shape index (κ3) is 7.63. The van der Waals surface area contributed by atoms with Crippen molar-refractivity contribution in [1.82, 2.24) is 0 Å². The van der Waals surface area contributed by atoms with Crippen molar-refractivity contribution in [2.75, 3.05) is 6.61 Å². The highest BCUT2D eigenvalue weighted by Gasteiger charge is 2.51. The number of benzene rings is 2. The van der Waals surface area contributed by atoms with Gasteiger partial charge in [0.2, 0.25) is 0 Å². The molecule has 192 valence electrons. The maximum absolute atomic E-state index is 7.41. The van der Waals surface area contributed by atoms with Gasteiger partial charge >= 0.3 is 0 Å². The zero-order chi connectivity index (χ0) is 26.2. The van der Waals surface area contributed by atoms with Crippen molar-refractivity contribution >= 4 is 27.0 Å². The first-order valence-corrected chi connectivity index (χ1v) is 17.9. The van der Waals surface area contributed by atoms with Gasteiger partial charge in [-0.2, -0.15) is 0 Å². The molecule has 0 unspecified atom stereocenters. The molecule has 0 aliphatic rings. The Labute approximate surface area is 217 Å². The van der Waals surface area contributed by atoms with E-state index in [0.29, 0.717) is 6.61 Å². The van der Waals surface area contributed by atoms with E-state index in [0.717, 1.165) is 12.8 Å². The van der Waals surface area contributed by atoms with Gasteiger partial charge in [-0.25, -0.2) is 0 Å². The number of hydrogen-bond acceptors (Lipinski definition) is 2. The van der Waals surface area contributed by atoms with Gasteiger partial charge in [-0.15, -0.1) is 0 Å².